The second-order valence-electron chi connectivity index (χ2n) is 4.05. The first-order chi connectivity index (χ1) is 4.73. The van der Waals surface area contributed by atoms with E-state index in [1.807, 2.05) is 0 Å². The van der Waals surface area contributed by atoms with Crippen LogP contribution in [0.5, 0.6) is 0 Å². The first-order valence-electron chi connectivity index (χ1n) is 4.73. The van der Waals surface area contributed by atoms with Crippen LogP contribution in [0, 0.1) is 11.3 Å². The zero-order chi connectivity index (χ0) is 7.61. The van der Waals surface area contributed by atoms with Gasteiger partial charge in [0.25, 0.3) is 0 Å². The minimum absolute atomic E-state index is 0.769. The highest BCUT2D eigenvalue weighted by Gasteiger charge is 2.42. The Balaban J connectivity index is 2.33. The van der Waals surface area contributed by atoms with Gasteiger partial charge in [-0.05, 0) is 24.2 Å². The van der Waals surface area contributed by atoms with E-state index in [-0.39, 0.29) is 0 Å². The molecule has 1 saturated carbocycles. The Morgan fingerprint density at radius 2 is 1.90 bits per heavy atom. The van der Waals surface area contributed by atoms with Crippen LogP contribution in [-0.4, -0.2) is 0 Å². The van der Waals surface area contributed by atoms with Crippen molar-refractivity contribution in [1.82, 2.24) is 0 Å². The number of hydrogen-bond donors (Lipinski definition) is 0. The SMILES string of the molecule is CCCC(CC)C1(C)CC1. The Bertz CT molecular complexity index is 101. The predicted octanol–water partition coefficient (Wildman–Crippen LogP) is 3.61. The minimum atomic E-state index is 0.769. The Morgan fingerprint density at radius 1 is 1.30 bits per heavy atom. The van der Waals surface area contributed by atoms with E-state index in [1.54, 1.807) is 0 Å². The molecular formula is C10H20. The molecule has 1 unspecified atom stereocenters. The smallest absolute Gasteiger partial charge is 0.0297 e. The highest BCUT2D eigenvalue weighted by molar-refractivity contribution is 4.93. The maximum Gasteiger partial charge on any atom is -0.0297 e. The van der Waals surface area contributed by atoms with E-state index in [9.17, 15) is 0 Å². The lowest BCUT2D eigenvalue weighted by Gasteiger charge is -2.20. The van der Waals surface area contributed by atoms with Gasteiger partial charge < -0.3 is 0 Å². The molecule has 0 aromatic carbocycles. The second kappa shape index (κ2) is 2.94. The molecule has 0 N–H and O–H groups in total. The van der Waals surface area contributed by atoms with Crippen molar-refractivity contribution in [2.75, 3.05) is 0 Å². The molecule has 1 atom stereocenters. The van der Waals surface area contributed by atoms with E-state index in [2.05, 4.69) is 20.8 Å². The summed E-state index contributed by atoms with van der Waals surface area (Å²) >= 11 is 0. The zero-order valence-corrected chi connectivity index (χ0v) is 7.61. The van der Waals surface area contributed by atoms with E-state index >= 15 is 0 Å². The molecular weight excluding hydrogens is 120 g/mol. The summed E-state index contributed by atoms with van der Waals surface area (Å²) in [6.45, 7) is 7.09. The molecule has 60 valence electrons. The Hall–Kier alpha value is 0. The lowest BCUT2D eigenvalue weighted by molar-refractivity contribution is 0.301. The summed E-state index contributed by atoms with van der Waals surface area (Å²) in [6, 6.07) is 0. The summed E-state index contributed by atoms with van der Waals surface area (Å²) in [5.74, 6) is 1.03. The van der Waals surface area contributed by atoms with Gasteiger partial charge in [-0.25, -0.2) is 0 Å². The monoisotopic (exact) mass is 140 g/mol. The highest BCUT2D eigenvalue weighted by atomic mass is 14.5. The van der Waals surface area contributed by atoms with Gasteiger partial charge in [-0.2, -0.15) is 0 Å². The second-order valence-corrected chi connectivity index (χ2v) is 4.05. The molecule has 0 aromatic rings. The summed E-state index contributed by atoms with van der Waals surface area (Å²) in [5.41, 5.74) is 0.769. The van der Waals surface area contributed by atoms with Crippen molar-refractivity contribution in [3.8, 4) is 0 Å². The molecule has 0 heteroatoms. The Morgan fingerprint density at radius 3 is 2.20 bits per heavy atom. The molecule has 1 rings (SSSR count). The third-order valence-corrected chi connectivity index (χ3v) is 3.15. The summed E-state index contributed by atoms with van der Waals surface area (Å²) < 4.78 is 0. The third-order valence-electron chi connectivity index (χ3n) is 3.15. The molecule has 0 amide bonds. The maximum absolute atomic E-state index is 2.46. The van der Waals surface area contributed by atoms with Crippen LogP contribution in [0.4, 0.5) is 0 Å². The van der Waals surface area contributed by atoms with Crippen LogP contribution in [0.3, 0.4) is 0 Å². The summed E-state index contributed by atoms with van der Waals surface area (Å²) in [4.78, 5) is 0. The highest BCUT2D eigenvalue weighted by Crippen LogP contribution is 2.54. The molecule has 1 aliphatic rings. The van der Waals surface area contributed by atoms with Crippen molar-refractivity contribution in [3.05, 3.63) is 0 Å². The standard InChI is InChI=1S/C10H20/c1-4-6-9(5-2)10(3)7-8-10/h9H,4-8H2,1-3H3. The number of rotatable bonds is 4. The minimum Gasteiger partial charge on any atom is -0.0654 e. The fraction of sp³-hybridized carbons (Fsp3) is 1.00. The van der Waals surface area contributed by atoms with Crippen LogP contribution in [0.1, 0.15) is 52.9 Å². The first-order valence-corrected chi connectivity index (χ1v) is 4.73. The molecule has 0 bridgehead atoms. The third kappa shape index (κ3) is 1.53. The zero-order valence-electron chi connectivity index (χ0n) is 7.61. The van der Waals surface area contributed by atoms with Crippen molar-refractivity contribution >= 4 is 0 Å². The van der Waals surface area contributed by atoms with Crippen molar-refractivity contribution in [3.63, 3.8) is 0 Å². The van der Waals surface area contributed by atoms with Crippen molar-refractivity contribution < 1.29 is 0 Å². The largest absolute Gasteiger partial charge is 0.0654 e. The van der Waals surface area contributed by atoms with Gasteiger partial charge in [0.1, 0.15) is 0 Å². The van der Waals surface area contributed by atoms with Gasteiger partial charge in [-0.15, -0.1) is 0 Å². The van der Waals surface area contributed by atoms with E-state index in [1.165, 1.54) is 32.1 Å². The Kier molecular flexibility index (Phi) is 2.38. The molecule has 0 heterocycles. The fourth-order valence-corrected chi connectivity index (χ4v) is 2.00. The predicted molar refractivity (Wildman–Crippen MR) is 46.0 cm³/mol. The van der Waals surface area contributed by atoms with E-state index in [0.29, 0.717) is 0 Å². The molecule has 0 nitrogen and oxygen atoms in total. The molecule has 0 aromatic heterocycles. The molecule has 1 fully saturated rings. The quantitative estimate of drug-likeness (QED) is 0.559. The summed E-state index contributed by atoms with van der Waals surface area (Å²) in [7, 11) is 0. The van der Waals surface area contributed by atoms with Crippen LogP contribution in [0.15, 0.2) is 0 Å². The van der Waals surface area contributed by atoms with Crippen molar-refractivity contribution in [2.24, 2.45) is 11.3 Å². The maximum atomic E-state index is 2.46. The van der Waals surface area contributed by atoms with Gasteiger partial charge in [0.15, 0.2) is 0 Å². The van der Waals surface area contributed by atoms with Crippen LogP contribution >= 0.6 is 0 Å². The lowest BCUT2D eigenvalue weighted by Crippen LogP contribution is -2.10. The van der Waals surface area contributed by atoms with E-state index in [0.717, 1.165) is 11.3 Å². The van der Waals surface area contributed by atoms with Crippen LogP contribution < -0.4 is 0 Å². The average molecular weight is 140 g/mol. The van der Waals surface area contributed by atoms with Crippen LogP contribution in [0.2, 0.25) is 0 Å². The summed E-state index contributed by atoms with van der Waals surface area (Å²) in [5, 5.41) is 0. The van der Waals surface area contributed by atoms with Gasteiger partial charge in [0.2, 0.25) is 0 Å². The van der Waals surface area contributed by atoms with Gasteiger partial charge >= 0.3 is 0 Å². The first kappa shape index (κ1) is 8.10. The normalized spacial score (nSPS) is 24.3. The van der Waals surface area contributed by atoms with Crippen molar-refractivity contribution in [2.45, 2.75) is 52.9 Å². The Labute approximate surface area is 65.0 Å². The fourth-order valence-electron chi connectivity index (χ4n) is 2.00. The van der Waals surface area contributed by atoms with Crippen LogP contribution in [-0.2, 0) is 0 Å². The van der Waals surface area contributed by atoms with E-state index in [4.69, 9.17) is 0 Å². The van der Waals surface area contributed by atoms with E-state index < -0.39 is 0 Å². The van der Waals surface area contributed by atoms with Gasteiger partial charge in [-0.1, -0.05) is 40.0 Å². The van der Waals surface area contributed by atoms with Gasteiger partial charge in [0.05, 0.1) is 0 Å². The molecule has 0 spiro atoms. The van der Waals surface area contributed by atoms with Gasteiger partial charge in [-0.3, -0.25) is 0 Å². The lowest BCUT2D eigenvalue weighted by atomic mass is 9.85. The molecule has 0 radical (unpaired) electrons. The van der Waals surface area contributed by atoms with Gasteiger partial charge in [0, 0.05) is 0 Å². The van der Waals surface area contributed by atoms with Crippen LogP contribution in [0.25, 0.3) is 0 Å². The average Bonchev–Trinajstić information content (AvgIpc) is 2.64. The molecule has 0 saturated heterocycles. The topological polar surface area (TPSA) is 0 Å². The molecule has 0 aliphatic heterocycles. The van der Waals surface area contributed by atoms with Crippen molar-refractivity contribution in [1.29, 1.82) is 0 Å². The number of hydrogen-bond acceptors (Lipinski definition) is 0. The summed E-state index contributed by atoms with van der Waals surface area (Å²) in [6.07, 6.45) is 7.20. The molecule has 10 heavy (non-hydrogen) atoms. The molecule has 1 aliphatic carbocycles.